The molecular formula is C12H21NO3. The van der Waals surface area contributed by atoms with E-state index in [4.69, 9.17) is 9.15 Å². The van der Waals surface area contributed by atoms with Crippen LogP contribution >= 0.6 is 0 Å². The van der Waals surface area contributed by atoms with Gasteiger partial charge in [0.2, 0.25) is 0 Å². The molecule has 0 radical (unpaired) electrons. The van der Waals surface area contributed by atoms with Crippen LogP contribution in [0.4, 0.5) is 0 Å². The Labute approximate surface area is 96.8 Å². The highest BCUT2D eigenvalue weighted by Crippen LogP contribution is 2.10. The average Bonchev–Trinajstić information content (AvgIpc) is 2.65. The Morgan fingerprint density at radius 3 is 2.69 bits per heavy atom. The van der Waals surface area contributed by atoms with Crippen molar-refractivity contribution in [3.05, 3.63) is 23.7 Å². The zero-order valence-electron chi connectivity index (χ0n) is 10.3. The van der Waals surface area contributed by atoms with Gasteiger partial charge in [-0.25, -0.2) is 0 Å². The van der Waals surface area contributed by atoms with E-state index in [-0.39, 0.29) is 0 Å². The second kappa shape index (κ2) is 6.68. The Morgan fingerprint density at radius 1 is 1.44 bits per heavy atom. The number of aliphatic hydroxyl groups is 1. The molecule has 0 aliphatic carbocycles. The monoisotopic (exact) mass is 227 g/mol. The molecule has 0 fully saturated rings. The number of rotatable bonds is 7. The molecule has 16 heavy (non-hydrogen) atoms. The Morgan fingerprint density at radius 2 is 2.12 bits per heavy atom. The molecule has 1 atom stereocenters. The molecule has 1 aromatic heterocycles. The van der Waals surface area contributed by atoms with Gasteiger partial charge in [-0.05, 0) is 19.2 Å². The lowest BCUT2D eigenvalue weighted by atomic mass is 10.3. The molecule has 0 saturated heterocycles. The van der Waals surface area contributed by atoms with Gasteiger partial charge in [0, 0.05) is 20.1 Å². The normalized spacial score (nSPS) is 13.3. The lowest BCUT2D eigenvalue weighted by Gasteiger charge is -2.18. The van der Waals surface area contributed by atoms with Crippen molar-refractivity contribution in [2.45, 2.75) is 26.0 Å². The molecule has 1 N–H and O–H groups in total. The van der Waals surface area contributed by atoms with Crippen molar-refractivity contribution in [3.8, 4) is 0 Å². The van der Waals surface area contributed by atoms with E-state index >= 15 is 0 Å². The zero-order chi connectivity index (χ0) is 12.0. The smallest absolute Gasteiger partial charge is 0.118 e. The van der Waals surface area contributed by atoms with Crippen molar-refractivity contribution >= 4 is 0 Å². The second-order valence-electron chi connectivity index (χ2n) is 4.03. The molecule has 0 spiro atoms. The highest BCUT2D eigenvalue weighted by atomic mass is 16.5. The summed E-state index contributed by atoms with van der Waals surface area (Å²) in [6.07, 6.45) is 0.464. The fourth-order valence-electron chi connectivity index (χ4n) is 1.63. The van der Waals surface area contributed by atoms with E-state index < -0.39 is 6.10 Å². The SMILES string of the molecule is CCc1ccc(CN(C)CC(O)COC)o1. The summed E-state index contributed by atoms with van der Waals surface area (Å²) in [5.74, 6) is 1.94. The molecule has 1 aromatic rings. The standard InChI is InChI=1S/C12H21NO3/c1-4-11-5-6-12(16-11)8-13(2)7-10(14)9-15-3/h5-6,10,14H,4,7-9H2,1-3H3. The van der Waals surface area contributed by atoms with Crippen LogP contribution in [0.25, 0.3) is 0 Å². The fourth-order valence-corrected chi connectivity index (χ4v) is 1.63. The summed E-state index contributed by atoms with van der Waals surface area (Å²) >= 11 is 0. The Bertz CT molecular complexity index is 298. The summed E-state index contributed by atoms with van der Waals surface area (Å²) in [7, 11) is 3.54. The predicted octanol–water partition coefficient (Wildman–Crippen LogP) is 1.28. The summed E-state index contributed by atoms with van der Waals surface area (Å²) in [5, 5.41) is 9.55. The quantitative estimate of drug-likeness (QED) is 0.762. The van der Waals surface area contributed by atoms with Gasteiger partial charge in [-0.15, -0.1) is 0 Å². The topological polar surface area (TPSA) is 45.8 Å². The van der Waals surface area contributed by atoms with Gasteiger partial charge in [-0.2, -0.15) is 0 Å². The summed E-state index contributed by atoms with van der Waals surface area (Å²) in [5.41, 5.74) is 0. The van der Waals surface area contributed by atoms with Gasteiger partial charge in [0.25, 0.3) is 0 Å². The molecule has 1 rings (SSSR count). The van der Waals surface area contributed by atoms with Crippen LogP contribution in [0.3, 0.4) is 0 Å². The van der Waals surface area contributed by atoms with Gasteiger partial charge in [0.05, 0.1) is 19.3 Å². The minimum Gasteiger partial charge on any atom is -0.465 e. The molecule has 92 valence electrons. The maximum absolute atomic E-state index is 9.55. The summed E-state index contributed by atoms with van der Waals surface area (Å²) < 4.78 is 10.5. The number of hydrogen-bond acceptors (Lipinski definition) is 4. The number of methoxy groups -OCH3 is 1. The lowest BCUT2D eigenvalue weighted by Crippen LogP contribution is -2.31. The van der Waals surface area contributed by atoms with Crippen molar-refractivity contribution in [1.82, 2.24) is 4.90 Å². The van der Waals surface area contributed by atoms with Crippen LogP contribution < -0.4 is 0 Å². The average molecular weight is 227 g/mol. The maximum Gasteiger partial charge on any atom is 0.118 e. The number of likely N-dealkylation sites (N-methyl/N-ethyl adjacent to an activating group) is 1. The van der Waals surface area contributed by atoms with E-state index in [0.717, 1.165) is 17.9 Å². The van der Waals surface area contributed by atoms with Crippen molar-refractivity contribution in [1.29, 1.82) is 0 Å². The van der Waals surface area contributed by atoms with Crippen LogP contribution in [-0.2, 0) is 17.7 Å². The van der Waals surface area contributed by atoms with E-state index in [0.29, 0.717) is 19.7 Å². The highest BCUT2D eigenvalue weighted by molar-refractivity contribution is 5.06. The van der Waals surface area contributed by atoms with Gasteiger partial charge in [0.15, 0.2) is 0 Å². The number of furan rings is 1. The maximum atomic E-state index is 9.55. The van der Waals surface area contributed by atoms with Crippen LogP contribution in [0.15, 0.2) is 16.5 Å². The van der Waals surface area contributed by atoms with Gasteiger partial charge >= 0.3 is 0 Å². The molecule has 1 heterocycles. The minimum absolute atomic E-state index is 0.364. The van der Waals surface area contributed by atoms with Crippen LogP contribution in [0, 0.1) is 0 Å². The van der Waals surface area contributed by atoms with E-state index in [1.54, 1.807) is 7.11 Å². The molecule has 0 aliphatic heterocycles. The zero-order valence-corrected chi connectivity index (χ0v) is 10.3. The van der Waals surface area contributed by atoms with Gasteiger partial charge in [-0.1, -0.05) is 6.92 Å². The predicted molar refractivity (Wildman–Crippen MR) is 62.3 cm³/mol. The van der Waals surface area contributed by atoms with Crippen LogP contribution in [0.1, 0.15) is 18.4 Å². The van der Waals surface area contributed by atoms with E-state index in [1.165, 1.54) is 0 Å². The first-order valence-corrected chi connectivity index (χ1v) is 5.58. The highest BCUT2D eigenvalue weighted by Gasteiger charge is 2.10. The first-order chi connectivity index (χ1) is 7.65. The molecule has 0 saturated carbocycles. The van der Waals surface area contributed by atoms with Crippen LogP contribution in [0.2, 0.25) is 0 Å². The molecule has 0 aliphatic rings. The van der Waals surface area contributed by atoms with Crippen molar-refractivity contribution < 1.29 is 14.3 Å². The van der Waals surface area contributed by atoms with Crippen LogP contribution in [-0.4, -0.2) is 43.4 Å². The first-order valence-electron chi connectivity index (χ1n) is 5.58. The Hall–Kier alpha value is -0.840. The molecular weight excluding hydrogens is 206 g/mol. The fraction of sp³-hybridized carbons (Fsp3) is 0.667. The van der Waals surface area contributed by atoms with E-state index in [9.17, 15) is 5.11 Å². The molecule has 0 bridgehead atoms. The number of nitrogens with zero attached hydrogens (tertiary/aromatic N) is 1. The van der Waals surface area contributed by atoms with E-state index in [1.807, 2.05) is 24.1 Å². The third-order valence-corrected chi connectivity index (χ3v) is 2.37. The number of hydrogen-bond donors (Lipinski definition) is 1. The third-order valence-electron chi connectivity index (χ3n) is 2.37. The van der Waals surface area contributed by atoms with Gasteiger partial charge in [0.1, 0.15) is 11.5 Å². The molecule has 0 aromatic carbocycles. The summed E-state index contributed by atoms with van der Waals surface area (Å²) in [6, 6.07) is 3.98. The van der Waals surface area contributed by atoms with Crippen molar-refractivity contribution in [2.75, 3.05) is 27.3 Å². The summed E-state index contributed by atoms with van der Waals surface area (Å²) in [6.45, 7) is 3.72. The number of aliphatic hydroxyl groups excluding tert-OH is 1. The summed E-state index contributed by atoms with van der Waals surface area (Å²) in [4.78, 5) is 2.02. The van der Waals surface area contributed by atoms with Crippen molar-refractivity contribution in [3.63, 3.8) is 0 Å². The van der Waals surface area contributed by atoms with Gasteiger partial charge in [-0.3, -0.25) is 4.90 Å². The molecule has 4 nitrogen and oxygen atoms in total. The first kappa shape index (κ1) is 13.2. The van der Waals surface area contributed by atoms with E-state index in [2.05, 4.69) is 6.92 Å². The Kier molecular flexibility index (Phi) is 5.52. The minimum atomic E-state index is -0.449. The molecule has 1 unspecified atom stereocenters. The largest absolute Gasteiger partial charge is 0.465 e. The van der Waals surface area contributed by atoms with Crippen molar-refractivity contribution in [2.24, 2.45) is 0 Å². The lowest BCUT2D eigenvalue weighted by molar-refractivity contribution is 0.0406. The van der Waals surface area contributed by atoms with Gasteiger partial charge < -0.3 is 14.3 Å². The third kappa shape index (κ3) is 4.35. The van der Waals surface area contributed by atoms with Crippen LogP contribution in [0.5, 0.6) is 0 Å². The molecule has 0 amide bonds. The molecule has 4 heteroatoms. The Balaban J connectivity index is 2.35. The number of aryl methyl sites for hydroxylation is 1. The second-order valence-corrected chi connectivity index (χ2v) is 4.03. The number of ether oxygens (including phenoxy) is 1.